The SMILES string of the molecule is O=C(c1ccccc1SCc1ccsc1)N1CCN(Cc2cccs2)CC1. The standard InChI is InChI=1S/C21H22N2OS3/c24-21(23-10-8-22(9-11-23)14-18-4-3-12-26-18)19-5-1-2-6-20(19)27-16-17-7-13-25-15-17/h1-7,12-13,15H,8-11,14,16H2. The zero-order valence-corrected chi connectivity index (χ0v) is 17.5. The van der Waals surface area contributed by atoms with Gasteiger partial charge in [-0.25, -0.2) is 0 Å². The molecule has 0 aliphatic carbocycles. The number of benzene rings is 1. The molecule has 0 saturated carbocycles. The van der Waals surface area contributed by atoms with Crippen molar-refractivity contribution in [3.05, 3.63) is 74.6 Å². The molecule has 6 heteroatoms. The smallest absolute Gasteiger partial charge is 0.255 e. The molecule has 1 fully saturated rings. The van der Waals surface area contributed by atoms with Gasteiger partial charge in [-0.3, -0.25) is 9.69 Å². The summed E-state index contributed by atoms with van der Waals surface area (Å²) >= 11 is 5.27. The monoisotopic (exact) mass is 414 g/mol. The average molecular weight is 415 g/mol. The maximum absolute atomic E-state index is 13.1. The van der Waals surface area contributed by atoms with Gasteiger partial charge in [0.2, 0.25) is 0 Å². The number of thiophene rings is 2. The lowest BCUT2D eigenvalue weighted by Gasteiger charge is -2.34. The van der Waals surface area contributed by atoms with E-state index in [1.807, 2.05) is 23.1 Å². The Morgan fingerprint density at radius 2 is 1.85 bits per heavy atom. The summed E-state index contributed by atoms with van der Waals surface area (Å²) in [5, 5.41) is 6.40. The Balaban J connectivity index is 1.37. The van der Waals surface area contributed by atoms with Gasteiger partial charge in [-0.1, -0.05) is 18.2 Å². The zero-order chi connectivity index (χ0) is 18.5. The Labute approximate surface area is 172 Å². The molecule has 0 N–H and O–H groups in total. The van der Waals surface area contributed by atoms with Crippen molar-refractivity contribution in [3.8, 4) is 0 Å². The van der Waals surface area contributed by atoms with Gasteiger partial charge in [-0.2, -0.15) is 11.3 Å². The van der Waals surface area contributed by atoms with Gasteiger partial charge in [-0.15, -0.1) is 23.1 Å². The summed E-state index contributed by atoms with van der Waals surface area (Å²) in [5.74, 6) is 1.07. The van der Waals surface area contributed by atoms with Gasteiger partial charge in [0.05, 0.1) is 5.56 Å². The van der Waals surface area contributed by atoms with Crippen molar-refractivity contribution >= 4 is 40.3 Å². The molecule has 2 aromatic heterocycles. The third kappa shape index (κ3) is 4.82. The molecule has 1 saturated heterocycles. The minimum Gasteiger partial charge on any atom is -0.336 e. The summed E-state index contributed by atoms with van der Waals surface area (Å²) < 4.78 is 0. The van der Waals surface area contributed by atoms with Gasteiger partial charge in [0.25, 0.3) is 5.91 Å². The Kier molecular flexibility index (Phi) is 6.29. The van der Waals surface area contributed by atoms with Crippen molar-refractivity contribution in [3.63, 3.8) is 0 Å². The number of rotatable bonds is 6. The maximum atomic E-state index is 13.1. The van der Waals surface area contributed by atoms with Gasteiger partial charge < -0.3 is 4.90 Å². The molecule has 3 aromatic rings. The first-order valence-electron chi connectivity index (χ1n) is 9.06. The Morgan fingerprint density at radius 1 is 1.00 bits per heavy atom. The fraction of sp³-hybridized carbons (Fsp3) is 0.286. The molecule has 0 radical (unpaired) electrons. The number of amides is 1. The van der Waals surface area contributed by atoms with E-state index in [1.54, 1.807) is 34.4 Å². The van der Waals surface area contributed by atoms with Crippen molar-refractivity contribution in [1.82, 2.24) is 9.80 Å². The fourth-order valence-corrected chi connectivity index (χ4v) is 5.72. The summed E-state index contributed by atoms with van der Waals surface area (Å²) in [6.07, 6.45) is 0. The van der Waals surface area contributed by atoms with Crippen LogP contribution in [0.15, 0.2) is 63.5 Å². The molecule has 0 unspecified atom stereocenters. The number of carbonyl (C=O) groups excluding carboxylic acids is 1. The largest absolute Gasteiger partial charge is 0.336 e. The van der Waals surface area contributed by atoms with E-state index >= 15 is 0 Å². The van der Waals surface area contributed by atoms with Crippen LogP contribution in [0.25, 0.3) is 0 Å². The van der Waals surface area contributed by atoms with E-state index < -0.39 is 0 Å². The third-order valence-corrected chi connectivity index (χ3v) is 7.45. The number of hydrogen-bond donors (Lipinski definition) is 0. The molecule has 4 rings (SSSR count). The van der Waals surface area contributed by atoms with Gasteiger partial charge in [0.15, 0.2) is 0 Å². The summed E-state index contributed by atoms with van der Waals surface area (Å²) in [6, 6.07) is 14.5. The van der Waals surface area contributed by atoms with Gasteiger partial charge >= 0.3 is 0 Å². The van der Waals surface area contributed by atoms with Crippen molar-refractivity contribution in [2.45, 2.75) is 17.2 Å². The Morgan fingerprint density at radius 3 is 2.59 bits per heavy atom. The molecular weight excluding hydrogens is 392 g/mol. The van der Waals surface area contributed by atoms with Crippen LogP contribution in [0.5, 0.6) is 0 Å². The predicted molar refractivity (Wildman–Crippen MR) is 116 cm³/mol. The molecule has 1 aliphatic rings. The second-order valence-electron chi connectivity index (χ2n) is 6.56. The minimum atomic E-state index is 0.166. The molecule has 0 bridgehead atoms. The van der Waals surface area contributed by atoms with E-state index in [2.05, 4.69) is 45.3 Å². The van der Waals surface area contributed by atoms with Crippen molar-refractivity contribution in [2.75, 3.05) is 26.2 Å². The van der Waals surface area contributed by atoms with Crippen LogP contribution >= 0.6 is 34.4 Å². The second kappa shape index (κ2) is 9.06. The van der Waals surface area contributed by atoms with Gasteiger partial charge in [0, 0.05) is 48.2 Å². The van der Waals surface area contributed by atoms with Crippen molar-refractivity contribution in [2.24, 2.45) is 0 Å². The zero-order valence-electron chi connectivity index (χ0n) is 15.0. The van der Waals surface area contributed by atoms with E-state index in [-0.39, 0.29) is 5.91 Å². The Bertz CT molecular complexity index is 853. The molecule has 1 aliphatic heterocycles. The van der Waals surface area contributed by atoms with E-state index in [0.29, 0.717) is 0 Å². The highest BCUT2D eigenvalue weighted by Crippen LogP contribution is 2.28. The summed E-state index contributed by atoms with van der Waals surface area (Å²) in [7, 11) is 0. The molecule has 1 amide bonds. The molecule has 3 nitrogen and oxygen atoms in total. The lowest BCUT2D eigenvalue weighted by Crippen LogP contribution is -2.48. The number of piperazine rings is 1. The van der Waals surface area contributed by atoms with Crippen LogP contribution in [0.4, 0.5) is 0 Å². The highest BCUT2D eigenvalue weighted by atomic mass is 32.2. The van der Waals surface area contributed by atoms with Crippen LogP contribution in [0.3, 0.4) is 0 Å². The maximum Gasteiger partial charge on any atom is 0.255 e. The second-order valence-corrected chi connectivity index (χ2v) is 9.39. The van der Waals surface area contributed by atoms with E-state index in [4.69, 9.17) is 0 Å². The van der Waals surface area contributed by atoms with Gasteiger partial charge in [0.1, 0.15) is 0 Å². The number of hydrogen-bond acceptors (Lipinski definition) is 5. The number of carbonyl (C=O) groups is 1. The highest BCUT2D eigenvalue weighted by molar-refractivity contribution is 7.98. The molecule has 3 heterocycles. The van der Waals surface area contributed by atoms with E-state index in [0.717, 1.165) is 48.9 Å². The van der Waals surface area contributed by atoms with Crippen molar-refractivity contribution < 1.29 is 4.79 Å². The van der Waals surface area contributed by atoms with Crippen LogP contribution < -0.4 is 0 Å². The average Bonchev–Trinajstić information content (AvgIpc) is 3.41. The topological polar surface area (TPSA) is 23.6 Å². The van der Waals surface area contributed by atoms with Crippen LogP contribution in [-0.4, -0.2) is 41.9 Å². The molecule has 0 atom stereocenters. The normalized spacial score (nSPS) is 15.2. The van der Waals surface area contributed by atoms with Gasteiger partial charge in [-0.05, 0) is 46.0 Å². The highest BCUT2D eigenvalue weighted by Gasteiger charge is 2.24. The minimum absolute atomic E-state index is 0.166. The van der Waals surface area contributed by atoms with Crippen molar-refractivity contribution in [1.29, 1.82) is 0 Å². The number of nitrogens with zero attached hydrogens (tertiary/aromatic N) is 2. The Hall–Kier alpha value is -1.60. The molecular formula is C21H22N2OS3. The lowest BCUT2D eigenvalue weighted by atomic mass is 10.2. The first kappa shape index (κ1) is 18.7. The summed E-state index contributed by atoms with van der Waals surface area (Å²) in [5.41, 5.74) is 2.15. The first-order chi connectivity index (χ1) is 13.3. The molecule has 0 spiro atoms. The fourth-order valence-electron chi connectivity index (χ4n) is 3.21. The quantitative estimate of drug-likeness (QED) is 0.527. The molecule has 1 aromatic carbocycles. The van der Waals surface area contributed by atoms with Crippen LogP contribution in [0.2, 0.25) is 0 Å². The van der Waals surface area contributed by atoms with Crippen LogP contribution in [-0.2, 0) is 12.3 Å². The lowest BCUT2D eigenvalue weighted by molar-refractivity contribution is 0.0626. The summed E-state index contributed by atoms with van der Waals surface area (Å²) in [6.45, 7) is 4.47. The number of thioether (sulfide) groups is 1. The van der Waals surface area contributed by atoms with Crippen LogP contribution in [0.1, 0.15) is 20.8 Å². The predicted octanol–water partition coefficient (Wildman–Crippen LogP) is 5.06. The first-order valence-corrected chi connectivity index (χ1v) is 11.9. The molecule has 140 valence electrons. The third-order valence-electron chi connectivity index (χ3n) is 4.71. The van der Waals surface area contributed by atoms with E-state index in [9.17, 15) is 4.79 Å². The molecule has 27 heavy (non-hydrogen) atoms. The summed E-state index contributed by atoms with van der Waals surface area (Å²) in [4.78, 5) is 20.0. The van der Waals surface area contributed by atoms with E-state index in [1.165, 1.54) is 10.4 Å². The van der Waals surface area contributed by atoms with Crippen LogP contribution in [0, 0.1) is 0 Å².